The van der Waals surface area contributed by atoms with Gasteiger partial charge in [0.15, 0.2) is 0 Å². The molecule has 4 heteroatoms. The van der Waals surface area contributed by atoms with Gasteiger partial charge in [-0.2, -0.15) is 0 Å². The number of hydrogen-bond acceptors (Lipinski definition) is 4. The number of pyridine rings is 1. The average Bonchev–Trinajstić information content (AvgIpc) is 3.27. The van der Waals surface area contributed by atoms with Crippen molar-refractivity contribution in [1.82, 2.24) is 14.8 Å². The molecule has 0 aromatic carbocycles. The van der Waals surface area contributed by atoms with Crippen molar-refractivity contribution in [2.75, 3.05) is 26.2 Å². The molecule has 4 nitrogen and oxygen atoms in total. The van der Waals surface area contributed by atoms with Crippen LogP contribution in [0.3, 0.4) is 0 Å². The van der Waals surface area contributed by atoms with Crippen molar-refractivity contribution in [3.8, 4) is 0 Å². The molecule has 24 heavy (non-hydrogen) atoms. The maximum absolute atomic E-state index is 10.5. The summed E-state index contributed by atoms with van der Waals surface area (Å²) in [4.78, 5) is 9.40. The molecule has 0 unspecified atom stereocenters. The molecule has 0 bridgehead atoms. The van der Waals surface area contributed by atoms with Gasteiger partial charge in [-0.05, 0) is 62.9 Å². The van der Waals surface area contributed by atoms with E-state index >= 15 is 0 Å². The molecule has 4 rings (SSSR count). The summed E-state index contributed by atoms with van der Waals surface area (Å²) < 4.78 is 0. The Balaban J connectivity index is 1.28. The van der Waals surface area contributed by atoms with Crippen molar-refractivity contribution in [1.29, 1.82) is 0 Å². The molecule has 1 N–H and O–H groups in total. The minimum Gasteiger partial charge on any atom is -0.391 e. The third-order valence-electron chi connectivity index (χ3n) is 6.54. The molecular weight excluding hydrogens is 298 g/mol. The summed E-state index contributed by atoms with van der Waals surface area (Å²) in [6, 6.07) is 5.71. The van der Waals surface area contributed by atoms with E-state index in [1.807, 2.05) is 12.4 Å². The first-order valence-corrected chi connectivity index (χ1v) is 9.84. The van der Waals surface area contributed by atoms with Crippen molar-refractivity contribution < 1.29 is 5.11 Å². The second-order valence-corrected chi connectivity index (χ2v) is 8.05. The van der Waals surface area contributed by atoms with Crippen LogP contribution in [-0.2, 0) is 6.42 Å². The number of nitrogens with zero attached hydrogens (tertiary/aromatic N) is 3. The topological polar surface area (TPSA) is 39.6 Å². The van der Waals surface area contributed by atoms with Crippen LogP contribution in [0.4, 0.5) is 0 Å². The molecule has 1 saturated carbocycles. The first kappa shape index (κ1) is 16.5. The summed E-state index contributed by atoms with van der Waals surface area (Å²) in [5.41, 5.74) is 1.30. The number of rotatable bonds is 4. The number of β-amino-alcohol motifs (C(OH)–C–C–N with tert-alkyl or cyclic N) is 1. The second kappa shape index (κ2) is 7.51. The molecule has 3 heterocycles. The van der Waals surface area contributed by atoms with Gasteiger partial charge in [-0.1, -0.05) is 12.8 Å². The Hall–Kier alpha value is -0.970. The summed E-state index contributed by atoms with van der Waals surface area (Å²) in [5, 5.41) is 10.5. The predicted molar refractivity (Wildman–Crippen MR) is 95.9 cm³/mol. The Kier molecular flexibility index (Phi) is 5.16. The smallest absolute Gasteiger partial charge is 0.0710 e. The van der Waals surface area contributed by atoms with E-state index < -0.39 is 0 Å². The first-order chi connectivity index (χ1) is 11.8. The van der Waals surface area contributed by atoms with Crippen molar-refractivity contribution in [2.24, 2.45) is 5.92 Å². The molecule has 1 aliphatic carbocycles. The molecule has 2 atom stereocenters. The highest BCUT2D eigenvalue weighted by molar-refractivity contribution is 5.12. The summed E-state index contributed by atoms with van der Waals surface area (Å²) in [6.07, 6.45) is 12.8. The highest BCUT2D eigenvalue weighted by Gasteiger charge is 2.37. The largest absolute Gasteiger partial charge is 0.391 e. The molecule has 0 radical (unpaired) electrons. The van der Waals surface area contributed by atoms with E-state index in [0.717, 1.165) is 25.6 Å². The predicted octanol–water partition coefficient (Wildman–Crippen LogP) is 2.32. The fourth-order valence-corrected chi connectivity index (χ4v) is 5.09. The van der Waals surface area contributed by atoms with Gasteiger partial charge in [0.1, 0.15) is 0 Å². The van der Waals surface area contributed by atoms with Gasteiger partial charge in [0.05, 0.1) is 6.10 Å². The van der Waals surface area contributed by atoms with E-state index in [2.05, 4.69) is 26.9 Å². The van der Waals surface area contributed by atoms with Gasteiger partial charge < -0.3 is 10.0 Å². The molecule has 0 amide bonds. The summed E-state index contributed by atoms with van der Waals surface area (Å²) in [6.45, 7) is 4.44. The van der Waals surface area contributed by atoms with Crippen LogP contribution >= 0.6 is 0 Å². The molecule has 2 saturated heterocycles. The lowest BCUT2D eigenvalue weighted by molar-refractivity contribution is 0.0871. The van der Waals surface area contributed by atoms with Crippen molar-refractivity contribution >= 4 is 0 Å². The SMILES string of the molecule is O[C@@H]1CN(C2CCN(C3CCCC3)CC2)C[C@H]1Cc1ccncc1. The zero-order valence-corrected chi connectivity index (χ0v) is 14.7. The van der Waals surface area contributed by atoms with Crippen LogP contribution in [0.15, 0.2) is 24.5 Å². The van der Waals surface area contributed by atoms with Gasteiger partial charge in [0.25, 0.3) is 0 Å². The van der Waals surface area contributed by atoms with Gasteiger partial charge in [0, 0.05) is 43.5 Å². The standard InChI is InChI=1S/C20H31N3O/c24-20-15-23(14-17(20)13-16-5-9-21-10-6-16)19-7-11-22(12-8-19)18-3-1-2-4-18/h5-6,9-10,17-20,24H,1-4,7-8,11-15H2/t17-,20-/m1/s1. The van der Waals surface area contributed by atoms with E-state index in [1.165, 1.54) is 57.2 Å². The molecule has 1 aromatic rings. The Morgan fingerprint density at radius 2 is 1.58 bits per heavy atom. The molecular formula is C20H31N3O. The lowest BCUT2D eigenvalue weighted by Gasteiger charge is -2.39. The van der Waals surface area contributed by atoms with Gasteiger partial charge in [0.2, 0.25) is 0 Å². The maximum atomic E-state index is 10.5. The second-order valence-electron chi connectivity index (χ2n) is 8.05. The Labute approximate surface area is 145 Å². The van der Waals surface area contributed by atoms with Crippen molar-refractivity contribution in [3.05, 3.63) is 30.1 Å². The Morgan fingerprint density at radius 3 is 2.29 bits per heavy atom. The molecule has 0 spiro atoms. The Morgan fingerprint density at radius 1 is 0.917 bits per heavy atom. The van der Waals surface area contributed by atoms with Crippen LogP contribution in [0.25, 0.3) is 0 Å². The molecule has 2 aliphatic heterocycles. The van der Waals surface area contributed by atoms with Crippen LogP contribution in [0.5, 0.6) is 0 Å². The van der Waals surface area contributed by atoms with Gasteiger partial charge in [-0.15, -0.1) is 0 Å². The number of likely N-dealkylation sites (tertiary alicyclic amines) is 2. The highest BCUT2D eigenvalue weighted by Crippen LogP contribution is 2.30. The molecule has 3 aliphatic rings. The molecule has 132 valence electrons. The summed E-state index contributed by atoms with van der Waals surface area (Å²) in [7, 11) is 0. The van der Waals surface area contributed by atoms with Crippen molar-refractivity contribution in [2.45, 2.75) is 63.1 Å². The van der Waals surface area contributed by atoms with Crippen molar-refractivity contribution in [3.63, 3.8) is 0 Å². The van der Waals surface area contributed by atoms with E-state index in [4.69, 9.17) is 0 Å². The van der Waals surface area contributed by atoms with Crippen LogP contribution in [0.1, 0.15) is 44.1 Å². The number of hydrogen-bond donors (Lipinski definition) is 1. The van der Waals surface area contributed by atoms with Crippen LogP contribution in [-0.4, -0.2) is 64.3 Å². The third kappa shape index (κ3) is 3.66. The number of piperidine rings is 1. The molecule has 1 aromatic heterocycles. The fourth-order valence-electron chi connectivity index (χ4n) is 5.09. The van der Waals surface area contributed by atoms with E-state index in [1.54, 1.807) is 0 Å². The minimum absolute atomic E-state index is 0.175. The zero-order chi connectivity index (χ0) is 16.4. The number of aliphatic hydroxyl groups excluding tert-OH is 1. The van der Waals surface area contributed by atoms with Gasteiger partial charge in [-0.3, -0.25) is 9.88 Å². The number of aromatic nitrogens is 1. The summed E-state index contributed by atoms with van der Waals surface area (Å²) >= 11 is 0. The molecule has 3 fully saturated rings. The first-order valence-electron chi connectivity index (χ1n) is 9.84. The van der Waals surface area contributed by atoms with Crippen LogP contribution in [0.2, 0.25) is 0 Å². The highest BCUT2D eigenvalue weighted by atomic mass is 16.3. The van der Waals surface area contributed by atoms with Gasteiger partial charge in [-0.25, -0.2) is 0 Å². The normalized spacial score (nSPS) is 31.0. The lowest BCUT2D eigenvalue weighted by Crippen LogP contribution is -2.47. The Bertz CT molecular complexity index is 509. The van der Waals surface area contributed by atoms with E-state index in [-0.39, 0.29) is 6.10 Å². The fraction of sp³-hybridized carbons (Fsp3) is 0.750. The summed E-state index contributed by atoms with van der Waals surface area (Å²) in [5.74, 6) is 0.375. The van der Waals surface area contributed by atoms with E-state index in [0.29, 0.717) is 12.0 Å². The minimum atomic E-state index is -0.175. The lowest BCUT2D eigenvalue weighted by atomic mass is 9.97. The van der Waals surface area contributed by atoms with Crippen LogP contribution < -0.4 is 0 Å². The third-order valence-corrected chi connectivity index (χ3v) is 6.54. The number of aliphatic hydroxyl groups is 1. The monoisotopic (exact) mass is 329 g/mol. The zero-order valence-electron chi connectivity index (χ0n) is 14.7. The van der Waals surface area contributed by atoms with E-state index in [9.17, 15) is 5.11 Å². The quantitative estimate of drug-likeness (QED) is 0.920. The maximum Gasteiger partial charge on any atom is 0.0710 e. The van der Waals surface area contributed by atoms with Crippen LogP contribution in [0, 0.1) is 5.92 Å². The average molecular weight is 329 g/mol. The van der Waals surface area contributed by atoms with Gasteiger partial charge >= 0.3 is 0 Å².